The zero-order chi connectivity index (χ0) is 16.1. The smallest absolute Gasteiger partial charge is 0.265 e. The lowest BCUT2D eigenvalue weighted by atomic mass is 10.2. The van der Waals surface area contributed by atoms with Gasteiger partial charge in [0, 0.05) is 6.07 Å². The third kappa shape index (κ3) is 3.69. The summed E-state index contributed by atoms with van der Waals surface area (Å²) in [5, 5.41) is 2.76. The highest BCUT2D eigenvalue weighted by molar-refractivity contribution is 5.96. The van der Waals surface area contributed by atoms with Gasteiger partial charge >= 0.3 is 0 Å². The minimum absolute atomic E-state index is 0.264. The van der Waals surface area contributed by atoms with E-state index >= 15 is 0 Å². The summed E-state index contributed by atoms with van der Waals surface area (Å²) in [6.45, 7) is 3.63. The molecule has 22 heavy (non-hydrogen) atoms. The van der Waals surface area contributed by atoms with Gasteiger partial charge in [-0.2, -0.15) is 0 Å². The molecule has 5 heteroatoms. The number of carbonyl (C=O) groups excluding carboxylic acids is 1. The molecule has 0 radical (unpaired) electrons. The first-order chi connectivity index (χ1) is 10.5. The molecule has 0 aliphatic rings. The summed E-state index contributed by atoms with van der Waals surface area (Å²) in [6.07, 6.45) is -0.636. The molecule has 2 aromatic rings. The molecule has 0 saturated carbocycles. The summed E-state index contributed by atoms with van der Waals surface area (Å²) in [6, 6.07) is 12.6. The van der Waals surface area contributed by atoms with Gasteiger partial charge < -0.3 is 20.5 Å². The van der Waals surface area contributed by atoms with Gasteiger partial charge in [-0.1, -0.05) is 18.2 Å². The molecule has 0 saturated heterocycles. The Bertz CT molecular complexity index is 671. The largest absolute Gasteiger partial charge is 0.497 e. The summed E-state index contributed by atoms with van der Waals surface area (Å²) in [5.74, 6) is 1.06. The number of hydrogen-bond donors (Lipinski definition) is 2. The van der Waals surface area contributed by atoms with Crippen molar-refractivity contribution < 1.29 is 14.3 Å². The number of anilines is 2. The molecular formula is C17H20N2O3. The fourth-order valence-electron chi connectivity index (χ4n) is 1.95. The van der Waals surface area contributed by atoms with Gasteiger partial charge in [-0.25, -0.2) is 0 Å². The minimum atomic E-state index is -0.636. The molecule has 2 rings (SSSR count). The van der Waals surface area contributed by atoms with Crippen LogP contribution in [0.15, 0.2) is 42.5 Å². The molecule has 0 fully saturated rings. The quantitative estimate of drug-likeness (QED) is 0.833. The molecule has 0 heterocycles. The molecule has 0 bridgehead atoms. The van der Waals surface area contributed by atoms with Crippen LogP contribution in [0.1, 0.15) is 12.5 Å². The van der Waals surface area contributed by atoms with Crippen molar-refractivity contribution in [1.82, 2.24) is 0 Å². The second-order valence-corrected chi connectivity index (χ2v) is 4.97. The van der Waals surface area contributed by atoms with E-state index in [4.69, 9.17) is 15.2 Å². The molecule has 116 valence electrons. The number of hydrogen-bond acceptors (Lipinski definition) is 4. The van der Waals surface area contributed by atoms with Crippen molar-refractivity contribution in [2.45, 2.75) is 20.0 Å². The fraction of sp³-hybridized carbons (Fsp3) is 0.235. The van der Waals surface area contributed by atoms with E-state index in [1.54, 1.807) is 32.2 Å². The van der Waals surface area contributed by atoms with Gasteiger partial charge in [0.25, 0.3) is 5.91 Å². The Hall–Kier alpha value is -2.69. The predicted molar refractivity (Wildman–Crippen MR) is 87.3 cm³/mol. The number of nitrogens with one attached hydrogen (secondary N) is 1. The van der Waals surface area contributed by atoms with Crippen LogP contribution in [0.5, 0.6) is 11.5 Å². The highest BCUT2D eigenvalue weighted by Crippen LogP contribution is 2.24. The van der Waals surface area contributed by atoms with Crippen LogP contribution in [0.25, 0.3) is 0 Å². The number of methoxy groups -OCH3 is 1. The normalized spacial score (nSPS) is 11.6. The number of ether oxygens (including phenoxy) is 2. The Morgan fingerprint density at radius 1 is 1.23 bits per heavy atom. The average Bonchev–Trinajstić information content (AvgIpc) is 2.51. The lowest BCUT2D eigenvalue weighted by molar-refractivity contribution is -0.122. The average molecular weight is 300 g/mol. The van der Waals surface area contributed by atoms with E-state index in [-0.39, 0.29) is 5.91 Å². The van der Waals surface area contributed by atoms with E-state index < -0.39 is 6.10 Å². The van der Waals surface area contributed by atoms with Gasteiger partial charge in [-0.05, 0) is 37.6 Å². The first-order valence-corrected chi connectivity index (χ1v) is 6.98. The summed E-state index contributed by atoms with van der Waals surface area (Å²) < 4.78 is 10.8. The maximum Gasteiger partial charge on any atom is 0.265 e. The lowest BCUT2D eigenvalue weighted by Gasteiger charge is -2.17. The van der Waals surface area contributed by atoms with E-state index in [9.17, 15) is 4.79 Å². The predicted octanol–water partition coefficient (Wildman–Crippen LogP) is 2.99. The molecular weight excluding hydrogens is 280 g/mol. The molecule has 0 aromatic heterocycles. The van der Waals surface area contributed by atoms with Crippen LogP contribution < -0.4 is 20.5 Å². The maximum absolute atomic E-state index is 12.2. The highest BCUT2D eigenvalue weighted by atomic mass is 16.5. The zero-order valence-corrected chi connectivity index (χ0v) is 12.9. The van der Waals surface area contributed by atoms with Crippen LogP contribution >= 0.6 is 0 Å². The van der Waals surface area contributed by atoms with Crippen LogP contribution in [-0.2, 0) is 4.79 Å². The molecule has 5 nitrogen and oxygen atoms in total. The number of benzene rings is 2. The Morgan fingerprint density at radius 2 is 1.95 bits per heavy atom. The summed E-state index contributed by atoms with van der Waals surface area (Å²) in [4.78, 5) is 12.2. The second-order valence-electron chi connectivity index (χ2n) is 4.97. The SMILES string of the molecule is COc1ccc(NC(=O)C(C)Oc2ccccc2C)c(N)c1. The van der Waals surface area contributed by atoms with Crippen LogP contribution in [0, 0.1) is 6.92 Å². The highest BCUT2D eigenvalue weighted by Gasteiger charge is 2.16. The minimum Gasteiger partial charge on any atom is -0.497 e. The van der Waals surface area contributed by atoms with E-state index in [0.717, 1.165) is 5.56 Å². The monoisotopic (exact) mass is 300 g/mol. The summed E-state index contributed by atoms with van der Waals surface area (Å²) in [7, 11) is 1.56. The van der Waals surface area contributed by atoms with Crippen LogP contribution in [0.4, 0.5) is 11.4 Å². The number of nitrogen functional groups attached to an aromatic ring is 1. The Balaban J connectivity index is 2.04. The first kappa shape index (κ1) is 15.7. The zero-order valence-electron chi connectivity index (χ0n) is 12.9. The molecule has 1 unspecified atom stereocenters. The molecule has 3 N–H and O–H groups in total. The van der Waals surface area contributed by atoms with Crippen LogP contribution in [0.2, 0.25) is 0 Å². The van der Waals surface area contributed by atoms with Crippen molar-refractivity contribution in [3.63, 3.8) is 0 Å². The number of rotatable bonds is 5. The number of para-hydroxylation sites is 1. The summed E-state index contributed by atoms with van der Waals surface area (Å²) >= 11 is 0. The van der Waals surface area contributed by atoms with Crippen molar-refractivity contribution in [1.29, 1.82) is 0 Å². The van der Waals surface area contributed by atoms with Gasteiger partial charge in [0.2, 0.25) is 0 Å². The number of carbonyl (C=O) groups is 1. The Kier molecular flexibility index (Phi) is 4.88. The Morgan fingerprint density at radius 3 is 2.59 bits per heavy atom. The molecule has 0 spiro atoms. The fourth-order valence-corrected chi connectivity index (χ4v) is 1.95. The molecule has 1 atom stereocenters. The maximum atomic E-state index is 12.2. The van der Waals surface area contributed by atoms with Crippen molar-refractivity contribution in [3.8, 4) is 11.5 Å². The molecule has 2 aromatic carbocycles. The van der Waals surface area contributed by atoms with E-state index in [2.05, 4.69) is 5.32 Å². The van der Waals surface area contributed by atoms with E-state index in [1.165, 1.54) is 0 Å². The van der Waals surface area contributed by atoms with Gasteiger partial charge in [-0.3, -0.25) is 4.79 Å². The molecule has 1 amide bonds. The molecule has 0 aliphatic carbocycles. The van der Waals surface area contributed by atoms with Crippen LogP contribution in [0.3, 0.4) is 0 Å². The van der Waals surface area contributed by atoms with Crippen molar-refractivity contribution in [2.24, 2.45) is 0 Å². The third-order valence-electron chi connectivity index (χ3n) is 3.28. The van der Waals surface area contributed by atoms with Crippen molar-refractivity contribution >= 4 is 17.3 Å². The van der Waals surface area contributed by atoms with Gasteiger partial charge in [-0.15, -0.1) is 0 Å². The third-order valence-corrected chi connectivity index (χ3v) is 3.28. The summed E-state index contributed by atoms with van der Waals surface area (Å²) in [5.41, 5.74) is 7.84. The molecule has 0 aliphatic heterocycles. The van der Waals surface area contributed by atoms with Gasteiger partial charge in [0.05, 0.1) is 18.5 Å². The van der Waals surface area contributed by atoms with E-state index in [0.29, 0.717) is 22.9 Å². The topological polar surface area (TPSA) is 73.6 Å². The van der Waals surface area contributed by atoms with Gasteiger partial charge in [0.15, 0.2) is 6.10 Å². The van der Waals surface area contributed by atoms with Crippen molar-refractivity contribution in [3.05, 3.63) is 48.0 Å². The number of amides is 1. The number of aryl methyl sites for hydroxylation is 1. The first-order valence-electron chi connectivity index (χ1n) is 6.98. The van der Waals surface area contributed by atoms with Crippen molar-refractivity contribution in [2.75, 3.05) is 18.2 Å². The lowest BCUT2D eigenvalue weighted by Crippen LogP contribution is -2.30. The number of nitrogens with two attached hydrogens (primary N) is 1. The second kappa shape index (κ2) is 6.85. The van der Waals surface area contributed by atoms with Gasteiger partial charge in [0.1, 0.15) is 11.5 Å². The van der Waals surface area contributed by atoms with E-state index in [1.807, 2.05) is 31.2 Å². The Labute approximate surface area is 130 Å². The standard InChI is InChI=1S/C17H20N2O3/c1-11-6-4-5-7-16(11)22-12(2)17(20)19-15-9-8-13(21-3)10-14(15)18/h4-10,12H,18H2,1-3H3,(H,19,20). The van der Waals surface area contributed by atoms with Crippen LogP contribution in [-0.4, -0.2) is 19.1 Å².